The number of esters is 2. The maximum absolute atomic E-state index is 14.9. The second kappa shape index (κ2) is 12.4. The van der Waals surface area contributed by atoms with Gasteiger partial charge in [0.1, 0.15) is 0 Å². The Kier molecular flexibility index (Phi) is 9.16. The number of nitrogens with zero attached hydrogens (tertiary/aromatic N) is 1. The zero-order valence-electron chi connectivity index (χ0n) is 31.9. The summed E-state index contributed by atoms with van der Waals surface area (Å²) in [4.78, 5) is 68.3. The standard InChI is InChI=1S/C40H57NO10/c1-10-48-30(43)21-41(9)29-12-13-37(5)28(40(29,8)33(46)49-22-27-23(2)50-34(47)51-27)11-14-39(7)31(37)26(42)19-24-25-20-36(4,32(44)45)16-15-35(25,3)17-18-38(24,39)6/h19,25,28-29,31H,10-18,20-22H2,1-9H3,(H,44,45)/t25-,28?,29-,31+,35+,36-,37-,38+,39+,40-/m0/s1. The van der Waals surface area contributed by atoms with Crippen molar-refractivity contribution in [1.29, 1.82) is 0 Å². The highest BCUT2D eigenvalue weighted by Crippen LogP contribution is 2.75. The number of fused-ring (bicyclic) bond motifs is 7. The van der Waals surface area contributed by atoms with Gasteiger partial charge in [0.05, 0.1) is 24.0 Å². The fourth-order valence-corrected chi connectivity index (χ4v) is 12.3. The van der Waals surface area contributed by atoms with Crippen LogP contribution in [0.2, 0.25) is 0 Å². The van der Waals surface area contributed by atoms with E-state index < -0.39 is 39.4 Å². The monoisotopic (exact) mass is 711 g/mol. The molecule has 0 spiro atoms. The Balaban J connectivity index is 1.40. The lowest BCUT2D eigenvalue weighted by Gasteiger charge is -2.70. The van der Waals surface area contributed by atoms with Crippen molar-refractivity contribution in [2.75, 3.05) is 20.2 Å². The SMILES string of the molecule is CCOC(=O)CN(C)[C@H]1CC[C@@]2(C)C(CC[C@]3(C)[C@@H]2C(=O)C=C2[C@@H]4C[C@@](C)(C(=O)O)CC[C@]4(C)CC[C@]23C)[C@]1(C)C(=O)OCc1oc(=O)oc1C. The minimum Gasteiger partial charge on any atom is -0.481 e. The van der Waals surface area contributed by atoms with Crippen LogP contribution in [0.3, 0.4) is 0 Å². The van der Waals surface area contributed by atoms with Crippen LogP contribution in [-0.4, -0.2) is 59.9 Å². The molecule has 0 amide bonds. The molecule has 51 heavy (non-hydrogen) atoms. The number of hydrogen-bond donors (Lipinski definition) is 1. The molecule has 5 aliphatic rings. The first-order valence-electron chi connectivity index (χ1n) is 18.8. The van der Waals surface area contributed by atoms with Crippen LogP contribution in [-0.2, 0) is 35.3 Å². The number of ketones is 1. The van der Waals surface area contributed by atoms with Crippen LogP contribution in [0.5, 0.6) is 0 Å². The van der Waals surface area contributed by atoms with Crippen molar-refractivity contribution >= 4 is 23.7 Å². The number of aryl methyl sites for hydroxylation is 1. The number of carboxylic acid groups (broad SMARTS) is 1. The molecule has 0 radical (unpaired) electrons. The van der Waals surface area contributed by atoms with Crippen LogP contribution in [0.4, 0.5) is 0 Å². The summed E-state index contributed by atoms with van der Waals surface area (Å²) < 4.78 is 21.4. The first-order valence-corrected chi connectivity index (χ1v) is 18.8. The third kappa shape index (κ3) is 5.49. The van der Waals surface area contributed by atoms with Gasteiger partial charge in [-0.3, -0.25) is 24.1 Å². The third-order valence-corrected chi connectivity index (χ3v) is 15.6. The van der Waals surface area contributed by atoms with Crippen LogP contribution >= 0.6 is 0 Å². The van der Waals surface area contributed by atoms with Gasteiger partial charge in [0.15, 0.2) is 23.9 Å². The van der Waals surface area contributed by atoms with Crippen molar-refractivity contribution in [2.45, 2.75) is 126 Å². The molecular weight excluding hydrogens is 654 g/mol. The quantitative estimate of drug-likeness (QED) is 0.294. The molecule has 0 aromatic carbocycles. The molecule has 282 valence electrons. The first kappa shape index (κ1) is 37.5. The Hall–Kier alpha value is -3.21. The Morgan fingerprint density at radius 2 is 1.63 bits per heavy atom. The van der Waals surface area contributed by atoms with Gasteiger partial charge in [-0.1, -0.05) is 33.3 Å². The highest BCUT2D eigenvalue weighted by atomic mass is 16.6. The van der Waals surface area contributed by atoms with Crippen LogP contribution in [0.25, 0.3) is 0 Å². The highest BCUT2D eigenvalue weighted by Gasteiger charge is 2.72. The highest BCUT2D eigenvalue weighted by molar-refractivity contribution is 5.96. The van der Waals surface area contributed by atoms with Crippen molar-refractivity contribution < 1.29 is 42.6 Å². The number of ether oxygens (including phenoxy) is 2. The van der Waals surface area contributed by atoms with Crippen LogP contribution in [0, 0.1) is 57.2 Å². The van der Waals surface area contributed by atoms with E-state index in [1.54, 1.807) is 13.8 Å². The van der Waals surface area contributed by atoms with E-state index in [1.165, 1.54) is 0 Å². The van der Waals surface area contributed by atoms with Gasteiger partial charge in [-0.05, 0) is 132 Å². The summed E-state index contributed by atoms with van der Waals surface area (Å²) in [5.74, 6) is -2.65. The van der Waals surface area contributed by atoms with Gasteiger partial charge in [0.25, 0.3) is 0 Å². The van der Waals surface area contributed by atoms with Gasteiger partial charge in [0, 0.05) is 12.0 Å². The number of carboxylic acids is 1. The molecule has 1 unspecified atom stereocenters. The summed E-state index contributed by atoms with van der Waals surface area (Å²) in [6.45, 7) is 16.2. The molecule has 1 N–H and O–H groups in total. The van der Waals surface area contributed by atoms with E-state index in [0.717, 1.165) is 24.8 Å². The number of rotatable bonds is 8. The average Bonchev–Trinajstić information content (AvgIpc) is 3.37. The molecule has 6 rings (SSSR count). The van der Waals surface area contributed by atoms with Crippen LogP contribution in [0.1, 0.15) is 118 Å². The van der Waals surface area contributed by atoms with E-state index in [0.29, 0.717) is 38.5 Å². The molecule has 4 fully saturated rings. The summed E-state index contributed by atoms with van der Waals surface area (Å²) in [6.07, 6.45) is 8.42. The molecule has 4 saturated carbocycles. The van der Waals surface area contributed by atoms with Gasteiger partial charge in [0.2, 0.25) is 0 Å². The number of hydrogen-bond acceptors (Lipinski definition) is 10. The molecular formula is C40H57NO10. The molecule has 0 bridgehead atoms. The van der Waals surface area contributed by atoms with Gasteiger partial charge >= 0.3 is 23.7 Å². The fourth-order valence-electron chi connectivity index (χ4n) is 12.3. The fraction of sp³-hybridized carbons (Fsp3) is 0.775. The average molecular weight is 712 g/mol. The smallest absolute Gasteiger partial charge is 0.481 e. The van der Waals surface area contributed by atoms with Gasteiger partial charge < -0.3 is 23.4 Å². The molecule has 1 aromatic heterocycles. The predicted octanol–water partition coefficient (Wildman–Crippen LogP) is 6.49. The number of carbonyl (C=O) groups is 4. The normalized spacial score (nSPS) is 41.8. The lowest BCUT2D eigenvalue weighted by Crippen LogP contribution is -2.69. The van der Waals surface area contributed by atoms with Gasteiger partial charge in [-0.15, -0.1) is 0 Å². The Morgan fingerprint density at radius 1 is 0.941 bits per heavy atom. The Morgan fingerprint density at radius 3 is 2.25 bits per heavy atom. The number of carbonyl (C=O) groups excluding carboxylic acids is 3. The van der Waals surface area contributed by atoms with E-state index in [-0.39, 0.29) is 77.7 Å². The zero-order valence-corrected chi connectivity index (χ0v) is 31.9. The molecule has 0 aliphatic heterocycles. The number of allylic oxidation sites excluding steroid dienone is 2. The maximum atomic E-state index is 14.9. The topological polar surface area (TPSA) is 154 Å². The Bertz CT molecular complexity index is 1710. The van der Waals surface area contributed by atoms with E-state index >= 15 is 0 Å². The summed E-state index contributed by atoms with van der Waals surface area (Å²) in [6, 6.07) is -0.388. The molecule has 1 aromatic rings. The molecule has 11 heteroatoms. The maximum Gasteiger partial charge on any atom is 0.519 e. The second-order valence-electron chi connectivity index (χ2n) is 18.1. The number of likely N-dealkylation sites (N-methyl/N-ethyl adjacent to an activating group) is 1. The van der Waals surface area contributed by atoms with Crippen molar-refractivity contribution in [3.63, 3.8) is 0 Å². The minimum absolute atomic E-state index is 0.000185. The van der Waals surface area contributed by atoms with Gasteiger partial charge in [-0.25, -0.2) is 4.79 Å². The summed E-state index contributed by atoms with van der Waals surface area (Å²) in [5.41, 5.74) is -2.18. The third-order valence-electron chi connectivity index (χ3n) is 15.6. The van der Waals surface area contributed by atoms with E-state index in [9.17, 15) is 29.1 Å². The summed E-state index contributed by atoms with van der Waals surface area (Å²) in [5, 5.41) is 10.3. The molecule has 5 aliphatic carbocycles. The Labute approximate surface area is 300 Å². The molecule has 11 nitrogen and oxygen atoms in total. The second-order valence-corrected chi connectivity index (χ2v) is 18.1. The van der Waals surface area contributed by atoms with Crippen molar-refractivity contribution in [1.82, 2.24) is 4.90 Å². The molecule has 1 heterocycles. The van der Waals surface area contributed by atoms with Crippen molar-refractivity contribution in [3.05, 3.63) is 33.8 Å². The van der Waals surface area contributed by atoms with Crippen molar-refractivity contribution in [3.8, 4) is 0 Å². The van der Waals surface area contributed by atoms with E-state index in [2.05, 4.69) is 27.7 Å². The van der Waals surface area contributed by atoms with E-state index in [4.69, 9.17) is 18.3 Å². The molecule has 10 atom stereocenters. The molecule has 0 saturated heterocycles. The van der Waals surface area contributed by atoms with E-state index in [1.807, 2.05) is 31.9 Å². The summed E-state index contributed by atoms with van der Waals surface area (Å²) in [7, 11) is 1.83. The minimum atomic E-state index is -1.13. The van der Waals surface area contributed by atoms with Crippen molar-refractivity contribution in [2.24, 2.45) is 50.2 Å². The first-order chi connectivity index (χ1) is 23.7. The predicted molar refractivity (Wildman–Crippen MR) is 186 cm³/mol. The summed E-state index contributed by atoms with van der Waals surface area (Å²) >= 11 is 0. The lowest BCUT2D eigenvalue weighted by atomic mass is 9.33. The largest absolute Gasteiger partial charge is 0.519 e. The van der Waals surface area contributed by atoms with Crippen LogP contribution < -0.4 is 5.82 Å². The van der Waals surface area contributed by atoms with Crippen LogP contribution in [0.15, 0.2) is 25.3 Å². The van der Waals surface area contributed by atoms with Gasteiger partial charge in [-0.2, -0.15) is 0 Å². The zero-order chi connectivity index (χ0) is 37.5. The lowest BCUT2D eigenvalue weighted by molar-refractivity contribution is -0.211. The number of aliphatic carboxylic acids is 1.